The number of benzene rings is 2. The monoisotopic (exact) mass is 280 g/mol. The molecule has 20 heavy (non-hydrogen) atoms. The fourth-order valence-electron chi connectivity index (χ4n) is 2.18. The highest BCUT2D eigenvalue weighted by Crippen LogP contribution is 2.42. The quantitative estimate of drug-likeness (QED) is 0.624. The van der Waals surface area contributed by atoms with E-state index in [0.29, 0.717) is 0 Å². The second-order valence-corrected chi connectivity index (χ2v) is 5.79. The summed E-state index contributed by atoms with van der Waals surface area (Å²) in [6, 6.07) is 21.1. The van der Waals surface area contributed by atoms with Gasteiger partial charge in [-0.05, 0) is 24.1 Å². The number of hydrogen-bond acceptors (Lipinski definition) is 2. The first-order valence-corrected chi connectivity index (χ1v) is 7.40. The van der Waals surface area contributed by atoms with Gasteiger partial charge in [0.2, 0.25) is 0 Å². The van der Waals surface area contributed by atoms with E-state index in [1.54, 1.807) is 18.4 Å². The topological polar surface area (TPSA) is 9.23 Å². The molecule has 0 fully saturated rings. The third kappa shape index (κ3) is 2.47. The van der Waals surface area contributed by atoms with Gasteiger partial charge in [-0.25, -0.2) is 0 Å². The molecule has 3 rings (SSSR count). The van der Waals surface area contributed by atoms with Crippen LogP contribution in [0.3, 0.4) is 0 Å². The van der Waals surface area contributed by atoms with Crippen molar-refractivity contribution in [2.75, 3.05) is 7.11 Å². The molecule has 0 radical (unpaired) electrons. The molecular formula is C18H16OS. The normalized spacial score (nSPS) is 10.5. The third-order valence-electron chi connectivity index (χ3n) is 3.29. The Morgan fingerprint density at radius 1 is 0.850 bits per heavy atom. The van der Waals surface area contributed by atoms with Crippen LogP contribution in [-0.2, 0) is 0 Å². The Bertz CT molecular complexity index is 696. The van der Waals surface area contributed by atoms with Crippen molar-refractivity contribution in [3.63, 3.8) is 0 Å². The molecule has 100 valence electrons. The van der Waals surface area contributed by atoms with Crippen LogP contribution in [0.1, 0.15) is 5.56 Å². The molecule has 0 N–H and O–H groups in total. The van der Waals surface area contributed by atoms with E-state index in [-0.39, 0.29) is 0 Å². The van der Waals surface area contributed by atoms with E-state index in [4.69, 9.17) is 4.74 Å². The first-order chi connectivity index (χ1) is 9.78. The number of hydrogen-bond donors (Lipinski definition) is 0. The minimum absolute atomic E-state index is 0.941. The number of rotatable bonds is 3. The van der Waals surface area contributed by atoms with Gasteiger partial charge in [-0.15, -0.1) is 11.3 Å². The summed E-state index contributed by atoms with van der Waals surface area (Å²) in [6.07, 6.45) is 0. The second-order valence-electron chi connectivity index (χ2n) is 4.74. The van der Waals surface area contributed by atoms with Crippen LogP contribution in [-0.4, -0.2) is 7.11 Å². The minimum Gasteiger partial charge on any atom is -0.495 e. The first-order valence-electron chi connectivity index (χ1n) is 6.58. The highest BCUT2D eigenvalue weighted by Gasteiger charge is 2.12. The Morgan fingerprint density at radius 3 is 2.20 bits per heavy atom. The predicted molar refractivity (Wildman–Crippen MR) is 86.5 cm³/mol. The van der Waals surface area contributed by atoms with Gasteiger partial charge in [-0.1, -0.05) is 60.2 Å². The Labute approximate surface area is 123 Å². The fraction of sp³-hybridized carbons (Fsp3) is 0.111. The van der Waals surface area contributed by atoms with Crippen molar-refractivity contribution in [2.24, 2.45) is 0 Å². The van der Waals surface area contributed by atoms with E-state index >= 15 is 0 Å². The van der Waals surface area contributed by atoms with Gasteiger partial charge in [0.1, 0.15) is 5.75 Å². The predicted octanol–water partition coefficient (Wildman–Crippen LogP) is 5.40. The van der Waals surface area contributed by atoms with Gasteiger partial charge in [-0.3, -0.25) is 0 Å². The van der Waals surface area contributed by atoms with Crippen molar-refractivity contribution in [3.8, 4) is 26.6 Å². The molecule has 0 aliphatic heterocycles. The fourth-order valence-corrected chi connectivity index (χ4v) is 3.31. The molecule has 1 nitrogen and oxygen atoms in total. The van der Waals surface area contributed by atoms with Crippen LogP contribution in [0.15, 0.2) is 60.7 Å². The molecule has 1 aromatic heterocycles. The smallest absolute Gasteiger partial charge is 0.138 e. The van der Waals surface area contributed by atoms with Gasteiger partial charge >= 0.3 is 0 Å². The van der Waals surface area contributed by atoms with Crippen LogP contribution < -0.4 is 4.74 Å². The van der Waals surface area contributed by atoms with Crippen molar-refractivity contribution in [1.82, 2.24) is 0 Å². The Morgan fingerprint density at radius 2 is 1.55 bits per heavy atom. The van der Waals surface area contributed by atoms with Gasteiger partial charge in [-0.2, -0.15) is 0 Å². The largest absolute Gasteiger partial charge is 0.495 e. The molecule has 1 heterocycles. The lowest BCUT2D eigenvalue weighted by Crippen LogP contribution is -1.81. The summed E-state index contributed by atoms with van der Waals surface area (Å²) in [5, 5.41) is 0. The van der Waals surface area contributed by atoms with Crippen molar-refractivity contribution in [1.29, 1.82) is 0 Å². The molecule has 0 aliphatic carbocycles. The average Bonchev–Trinajstić information content (AvgIpc) is 2.93. The van der Waals surface area contributed by atoms with Crippen molar-refractivity contribution < 1.29 is 4.74 Å². The Hall–Kier alpha value is -2.06. The van der Waals surface area contributed by atoms with Crippen LogP contribution in [0.5, 0.6) is 5.75 Å². The van der Waals surface area contributed by atoms with Gasteiger partial charge in [0.05, 0.1) is 12.0 Å². The summed E-state index contributed by atoms with van der Waals surface area (Å²) in [6.45, 7) is 2.11. The number of ether oxygens (including phenoxy) is 1. The SMILES string of the molecule is COc1cc(-c2ccc(C)cc2)sc1-c1ccccc1. The lowest BCUT2D eigenvalue weighted by atomic mass is 10.1. The van der Waals surface area contributed by atoms with Gasteiger partial charge in [0.25, 0.3) is 0 Å². The zero-order chi connectivity index (χ0) is 13.9. The Kier molecular flexibility index (Phi) is 3.57. The van der Waals surface area contributed by atoms with Crippen molar-refractivity contribution in [3.05, 3.63) is 66.2 Å². The highest BCUT2D eigenvalue weighted by molar-refractivity contribution is 7.19. The average molecular weight is 280 g/mol. The molecule has 2 aromatic carbocycles. The maximum absolute atomic E-state index is 5.54. The molecule has 0 aliphatic rings. The summed E-state index contributed by atoms with van der Waals surface area (Å²) in [4.78, 5) is 2.42. The van der Waals surface area contributed by atoms with Crippen LogP contribution in [0.25, 0.3) is 20.9 Å². The summed E-state index contributed by atoms with van der Waals surface area (Å²) in [7, 11) is 1.73. The minimum atomic E-state index is 0.941. The first kappa shape index (κ1) is 12.9. The molecule has 0 spiro atoms. The standard InChI is InChI=1S/C18H16OS/c1-13-8-10-14(11-9-13)17-12-16(19-2)18(20-17)15-6-4-3-5-7-15/h3-12H,1-2H3. The van der Waals surface area contributed by atoms with E-state index in [1.807, 2.05) is 6.07 Å². The molecule has 0 saturated heterocycles. The van der Waals surface area contributed by atoms with E-state index in [9.17, 15) is 0 Å². The number of methoxy groups -OCH3 is 1. The van der Waals surface area contributed by atoms with E-state index in [2.05, 4.69) is 61.5 Å². The van der Waals surface area contributed by atoms with E-state index in [0.717, 1.165) is 5.75 Å². The van der Waals surface area contributed by atoms with Crippen LogP contribution in [0, 0.1) is 6.92 Å². The summed E-state index contributed by atoms with van der Waals surface area (Å²) in [5.41, 5.74) is 3.72. The van der Waals surface area contributed by atoms with Crippen LogP contribution in [0.4, 0.5) is 0 Å². The van der Waals surface area contributed by atoms with Crippen molar-refractivity contribution >= 4 is 11.3 Å². The van der Waals surface area contributed by atoms with Gasteiger partial charge in [0.15, 0.2) is 0 Å². The highest BCUT2D eigenvalue weighted by atomic mass is 32.1. The van der Waals surface area contributed by atoms with Crippen molar-refractivity contribution in [2.45, 2.75) is 6.92 Å². The summed E-state index contributed by atoms with van der Waals surface area (Å²) >= 11 is 1.77. The zero-order valence-electron chi connectivity index (χ0n) is 11.6. The van der Waals surface area contributed by atoms with E-state index in [1.165, 1.54) is 26.4 Å². The van der Waals surface area contributed by atoms with Gasteiger partial charge in [0, 0.05) is 4.88 Å². The van der Waals surface area contributed by atoms with E-state index < -0.39 is 0 Å². The summed E-state index contributed by atoms with van der Waals surface area (Å²) in [5.74, 6) is 0.941. The molecule has 0 unspecified atom stereocenters. The van der Waals surface area contributed by atoms with Gasteiger partial charge < -0.3 is 4.74 Å². The molecular weight excluding hydrogens is 264 g/mol. The molecule has 2 heteroatoms. The van der Waals surface area contributed by atoms with Crippen LogP contribution >= 0.6 is 11.3 Å². The number of aryl methyl sites for hydroxylation is 1. The molecule has 3 aromatic rings. The molecule has 0 saturated carbocycles. The maximum Gasteiger partial charge on any atom is 0.138 e. The zero-order valence-corrected chi connectivity index (χ0v) is 12.4. The van der Waals surface area contributed by atoms with Crippen LogP contribution in [0.2, 0.25) is 0 Å². The Balaban J connectivity index is 2.07. The molecule has 0 bridgehead atoms. The lowest BCUT2D eigenvalue weighted by molar-refractivity contribution is 0.418. The molecule has 0 amide bonds. The second kappa shape index (κ2) is 5.51. The maximum atomic E-state index is 5.54. The third-order valence-corrected chi connectivity index (χ3v) is 4.50. The number of thiophene rings is 1. The summed E-state index contributed by atoms with van der Waals surface area (Å²) < 4.78 is 5.54. The lowest BCUT2D eigenvalue weighted by Gasteiger charge is -2.01. The molecule has 0 atom stereocenters.